The van der Waals surface area contributed by atoms with Crippen LogP contribution in [0.25, 0.3) is 0 Å². The minimum absolute atomic E-state index is 0.115. The average molecular weight is 294 g/mol. The molecule has 1 N–H and O–H groups in total. The van der Waals surface area contributed by atoms with Crippen LogP contribution in [-0.4, -0.2) is 44.7 Å². The molecule has 118 valence electrons. The normalized spacial score (nSPS) is 19.0. The van der Waals surface area contributed by atoms with Crippen molar-refractivity contribution in [3.05, 3.63) is 29.6 Å². The Morgan fingerprint density at radius 2 is 2.00 bits per heavy atom. The molecule has 1 saturated carbocycles. The fourth-order valence-corrected chi connectivity index (χ4v) is 3.75. The number of ether oxygens (including phenoxy) is 1. The molecule has 0 spiro atoms. The van der Waals surface area contributed by atoms with Crippen molar-refractivity contribution in [3.8, 4) is 5.75 Å². The molecule has 1 atom stereocenters. The Labute approximate surface area is 127 Å². The molecular formula is C17H27FN2O. The lowest BCUT2D eigenvalue weighted by Gasteiger charge is -2.43. The standard InChI is InChI=1S/C17H27FN2O/c1-19-15(17(20(2)3)10-5-6-11-17)12-13-8-7-9-14(21-4)16(13)18/h7-9,15,19H,5-6,10-12H2,1-4H3. The van der Waals surface area contributed by atoms with Crippen LogP contribution in [0.3, 0.4) is 0 Å². The predicted molar refractivity (Wildman–Crippen MR) is 84.4 cm³/mol. The largest absolute Gasteiger partial charge is 0.494 e. The van der Waals surface area contributed by atoms with Gasteiger partial charge in [-0.25, -0.2) is 4.39 Å². The summed E-state index contributed by atoms with van der Waals surface area (Å²) in [7, 11) is 7.76. The van der Waals surface area contributed by atoms with Gasteiger partial charge in [-0.05, 0) is 52.0 Å². The lowest BCUT2D eigenvalue weighted by molar-refractivity contribution is 0.108. The number of halogens is 1. The van der Waals surface area contributed by atoms with Crippen LogP contribution in [0.15, 0.2) is 18.2 Å². The first kappa shape index (κ1) is 16.2. The smallest absolute Gasteiger partial charge is 0.168 e. The van der Waals surface area contributed by atoms with Gasteiger partial charge in [-0.1, -0.05) is 25.0 Å². The molecule has 1 aromatic rings. The second kappa shape index (κ2) is 6.75. The fourth-order valence-electron chi connectivity index (χ4n) is 3.75. The number of nitrogens with zero attached hydrogens (tertiary/aromatic N) is 1. The van der Waals surface area contributed by atoms with Crippen molar-refractivity contribution in [2.24, 2.45) is 0 Å². The van der Waals surface area contributed by atoms with Gasteiger partial charge in [0, 0.05) is 11.6 Å². The zero-order valence-electron chi connectivity index (χ0n) is 13.6. The molecule has 0 heterocycles. The maximum absolute atomic E-state index is 14.4. The minimum atomic E-state index is -0.229. The van der Waals surface area contributed by atoms with Gasteiger partial charge in [0.2, 0.25) is 0 Å². The summed E-state index contributed by atoms with van der Waals surface area (Å²) in [5.74, 6) is 0.0971. The summed E-state index contributed by atoms with van der Waals surface area (Å²) < 4.78 is 19.5. The third-order valence-electron chi connectivity index (χ3n) is 5.04. The fraction of sp³-hybridized carbons (Fsp3) is 0.647. The molecule has 2 rings (SSSR count). The zero-order chi connectivity index (χ0) is 15.5. The van der Waals surface area contributed by atoms with E-state index in [-0.39, 0.29) is 17.4 Å². The zero-order valence-corrected chi connectivity index (χ0v) is 13.6. The Balaban J connectivity index is 2.27. The highest BCUT2D eigenvalue weighted by Gasteiger charge is 2.42. The van der Waals surface area contributed by atoms with Crippen molar-refractivity contribution in [3.63, 3.8) is 0 Å². The summed E-state index contributed by atoms with van der Waals surface area (Å²) >= 11 is 0. The molecule has 0 amide bonds. The molecule has 4 heteroatoms. The molecule has 1 fully saturated rings. The molecule has 21 heavy (non-hydrogen) atoms. The molecule has 1 unspecified atom stereocenters. The topological polar surface area (TPSA) is 24.5 Å². The van der Waals surface area contributed by atoms with E-state index in [1.54, 1.807) is 6.07 Å². The number of benzene rings is 1. The van der Waals surface area contributed by atoms with E-state index in [2.05, 4.69) is 24.3 Å². The summed E-state index contributed by atoms with van der Waals surface area (Å²) in [4.78, 5) is 2.32. The second-order valence-corrected chi connectivity index (χ2v) is 6.18. The van der Waals surface area contributed by atoms with Crippen LogP contribution in [-0.2, 0) is 6.42 Å². The van der Waals surface area contributed by atoms with Gasteiger partial charge in [-0.2, -0.15) is 0 Å². The molecular weight excluding hydrogens is 267 g/mol. The van der Waals surface area contributed by atoms with Crippen molar-refractivity contribution in [2.45, 2.75) is 43.7 Å². The molecule has 0 bridgehead atoms. The first-order chi connectivity index (χ1) is 10.0. The summed E-state index contributed by atoms with van der Waals surface area (Å²) in [6.45, 7) is 0. The SMILES string of the molecule is CNC(Cc1cccc(OC)c1F)C1(N(C)C)CCCC1. The quantitative estimate of drug-likeness (QED) is 0.873. The van der Waals surface area contributed by atoms with Gasteiger partial charge in [-0.3, -0.25) is 0 Å². The van der Waals surface area contributed by atoms with E-state index in [4.69, 9.17) is 4.74 Å². The van der Waals surface area contributed by atoms with Crippen LogP contribution in [0.4, 0.5) is 4.39 Å². The first-order valence-electron chi connectivity index (χ1n) is 7.71. The van der Waals surface area contributed by atoms with Crippen molar-refractivity contribution in [2.75, 3.05) is 28.3 Å². The van der Waals surface area contributed by atoms with E-state index in [9.17, 15) is 4.39 Å². The highest BCUT2D eigenvalue weighted by molar-refractivity contribution is 5.32. The molecule has 3 nitrogen and oxygen atoms in total. The van der Waals surface area contributed by atoms with Gasteiger partial charge in [0.1, 0.15) is 0 Å². The third-order valence-corrected chi connectivity index (χ3v) is 5.04. The lowest BCUT2D eigenvalue weighted by Crippen LogP contribution is -2.57. The van der Waals surface area contributed by atoms with Crippen molar-refractivity contribution in [1.29, 1.82) is 0 Å². The van der Waals surface area contributed by atoms with Crippen molar-refractivity contribution < 1.29 is 9.13 Å². The van der Waals surface area contributed by atoms with Crippen LogP contribution < -0.4 is 10.1 Å². The van der Waals surface area contributed by atoms with Gasteiger partial charge in [0.05, 0.1) is 7.11 Å². The van der Waals surface area contributed by atoms with Gasteiger partial charge in [0.25, 0.3) is 0 Å². The molecule has 1 aromatic carbocycles. The first-order valence-corrected chi connectivity index (χ1v) is 7.71. The maximum Gasteiger partial charge on any atom is 0.168 e. The van der Waals surface area contributed by atoms with E-state index in [1.807, 2.05) is 19.2 Å². The Hall–Kier alpha value is -1.13. The van der Waals surface area contributed by atoms with Crippen LogP contribution in [0.5, 0.6) is 5.75 Å². The average Bonchev–Trinajstić information content (AvgIpc) is 2.97. The van der Waals surface area contributed by atoms with E-state index in [0.29, 0.717) is 12.2 Å². The predicted octanol–water partition coefficient (Wildman–Crippen LogP) is 2.84. The summed E-state index contributed by atoms with van der Waals surface area (Å²) in [6, 6.07) is 5.63. The molecule has 0 aromatic heterocycles. The van der Waals surface area contributed by atoms with Crippen LogP contribution in [0.2, 0.25) is 0 Å². The number of likely N-dealkylation sites (N-methyl/N-ethyl adjacent to an activating group) is 2. The van der Waals surface area contributed by atoms with E-state index in [1.165, 1.54) is 20.0 Å². The summed E-state index contributed by atoms with van der Waals surface area (Å²) in [5, 5.41) is 3.43. The van der Waals surface area contributed by atoms with Gasteiger partial charge < -0.3 is 15.0 Å². The van der Waals surface area contributed by atoms with Gasteiger partial charge in [-0.15, -0.1) is 0 Å². The highest BCUT2D eigenvalue weighted by atomic mass is 19.1. The molecule has 1 aliphatic carbocycles. The molecule has 0 aliphatic heterocycles. The second-order valence-electron chi connectivity index (χ2n) is 6.18. The number of nitrogens with one attached hydrogen (secondary N) is 1. The van der Waals surface area contributed by atoms with E-state index >= 15 is 0 Å². The summed E-state index contributed by atoms with van der Waals surface area (Å²) in [6.07, 6.45) is 5.50. The van der Waals surface area contributed by atoms with Crippen LogP contribution >= 0.6 is 0 Å². The van der Waals surface area contributed by atoms with E-state index < -0.39 is 0 Å². The Bertz CT molecular complexity index is 470. The number of hydrogen-bond donors (Lipinski definition) is 1. The monoisotopic (exact) mass is 294 g/mol. The third kappa shape index (κ3) is 3.06. The molecule has 1 aliphatic rings. The summed E-state index contributed by atoms with van der Waals surface area (Å²) in [5.41, 5.74) is 0.839. The molecule has 0 radical (unpaired) electrons. The maximum atomic E-state index is 14.4. The van der Waals surface area contributed by atoms with Crippen LogP contribution in [0, 0.1) is 5.82 Å². The molecule has 0 saturated heterocycles. The lowest BCUT2D eigenvalue weighted by atomic mass is 9.83. The number of methoxy groups -OCH3 is 1. The van der Waals surface area contributed by atoms with Crippen LogP contribution in [0.1, 0.15) is 31.2 Å². The van der Waals surface area contributed by atoms with E-state index in [0.717, 1.165) is 18.4 Å². The number of rotatable bonds is 6. The minimum Gasteiger partial charge on any atom is -0.494 e. The Morgan fingerprint density at radius 1 is 1.33 bits per heavy atom. The van der Waals surface area contributed by atoms with Gasteiger partial charge >= 0.3 is 0 Å². The Kier molecular flexibility index (Phi) is 5.22. The number of hydrogen-bond acceptors (Lipinski definition) is 3. The van der Waals surface area contributed by atoms with Gasteiger partial charge in [0.15, 0.2) is 11.6 Å². The highest BCUT2D eigenvalue weighted by Crippen LogP contribution is 2.38. The van der Waals surface area contributed by atoms with Crippen molar-refractivity contribution >= 4 is 0 Å². The van der Waals surface area contributed by atoms with Crippen molar-refractivity contribution in [1.82, 2.24) is 10.2 Å². The Morgan fingerprint density at radius 3 is 2.52 bits per heavy atom.